The summed E-state index contributed by atoms with van der Waals surface area (Å²) in [5.41, 5.74) is 14.2. The Morgan fingerprint density at radius 1 is 0.468 bits per heavy atom. The molecule has 7 aromatic carbocycles. The second kappa shape index (κ2) is 9.78. The molecule has 47 heavy (non-hydrogen) atoms. The van der Waals surface area contributed by atoms with Crippen molar-refractivity contribution in [3.8, 4) is 39.1 Å². The molecule has 0 unspecified atom stereocenters. The highest BCUT2D eigenvalue weighted by molar-refractivity contribution is 7.27. The van der Waals surface area contributed by atoms with Crippen LogP contribution in [0.25, 0.3) is 81.0 Å². The molecule has 0 radical (unpaired) electrons. The van der Waals surface area contributed by atoms with Gasteiger partial charge in [0.2, 0.25) is 0 Å². The Kier molecular flexibility index (Phi) is 5.57. The van der Waals surface area contributed by atoms with Crippen LogP contribution in [0.1, 0.15) is 25.0 Å². The number of hydrogen-bond donors (Lipinski definition) is 0. The topological polar surface area (TPSA) is 4.93 Å². The van der Waals surface area contributed by atoms with Gasteiger partial charge in [0.1, 0.15) is 0 Å². The quantitative estimate of drug-likeness (QED) is 0.186. The molecule has 0 saturated heterocycles. The monoisotopic (exact) mass is 617 g/mol. The van der Waals surface area contributed by atoms with Gasteiger partial charge in [-0.05, 0) is 69.3 Å². The van der Waals surface area contributed by atoms with Crippen LogP contribution >= 0.6 is 11.3 Å². The highest BCUT2D eigenvalue weighted by atomic mass is 32.1. The third-order valence-corrected chi connectivity index (χ3v) is 11.6. The Labute approximate surface area is 278 Å². The maximum atomic E-state index is 2.48. The zero-order valence-corrected chi connectivity index (χ0v) is 27.1. The van der Waals surface area contributed by atoms with Gasteiger partial charge in [-0.15, -0.1) is 11.3 Å². The summed E-state index contributed by atoms with van der Waals surface area (Å²) in [6, 6.07) is 56.0. The first kappa shape index (κ1) is 26.7. The van der Waals surface area contributed by atoms with Crippen LogP contribution in [0.15, 0.2) is 152 Å². The largest absolute Gasteiger partial charge is 0.309 e. The van der Waals surface area contributed by atoms with Crippen LogP contribution in [0, 0.1) is 0 Å². The third-order valence-electron chi connectivity index (χ3n) is 10.4. The average Bonchev–Trinajstić information content (AvgIpc) is 3.74. The van der Waals surface area contributed by atoms with E-state index in [1.165, 1.54) is 92.2 Å². The van der Waals surface area contributed by atoms with E-state index in [2.05, 4.69) is 170 Å². The van der Waals surface area contributed by atoms with Gasteiger partial charge in [0, 0.05) is 47.6 Å². The Hall–Kier alpha value is -5.44. The zero-order chi connectivity index (χ0) is 31.3. The fourth-order valence-corrected chi connectivity index (χ4v) is 9.56. The molecule has 0 aliphatic heterocycles. The summed E-state index contributed by atoms with van der Waals surface area (Å²) in [7, 11) is 0. The molecule has 0 N–H and O–H groups in total. The lowest BCUT2D eigenvalue weighted by molar-refractivity contribution is 0.661. The normalized spacial score (nSPS) is 13.5. The molecule has 1 nitrogen and oxygen atoms in total. The third kappa shape index (κ3) is 3.77. The Bertz CT molecular complexity index is 2630. The van der Waals surface area contributed by atoms with E-state index in [0.717, 1.165) is 0 Å². The van der Waals surface area contributed by atoms with E-state index in [1.54, 1.807) is 0 Å². The van der Waals surface area contributed by atoms with Crippen molar-refractivity contribution in [1.82, 2.24) is 4.57 Å². The molecule has 0 bridgehead atoms. The van der Waals surface area contributed by atoms with Gasteiger partial charge in [0.05, 0.1) is 11.0 Å². The van der Waals surface area contributed by atoms with Gasteiger partial charge in [-0.25, -0.2) is 0 Å². The Morgan fingerprint density at radius 3 is 1.83 bits per heavy atom. The predicted molar refractivity (Wildman–Crippen MR) is 202 cm³/mol. The van der Waals surface area contributed by atoms with Crippen molar-refractivity contribution in [3.63, 3.8) is 0 Å². The molecular formula is C45H31NS. The number of benzene rings is 7. The Balaban J connectivity index is 1.29. The van der Waals surface area contributed by atoms with Crippen LogP contribution < -0.4 is 0 Å². The minimum Gasteiger partial charge on any atom is -0.309 e. The van der Waals surface area contributed by atoms with Gasteiger partial charge >= 0.3 is 0 Å². The van der Waals surface area contributed by atoms with Crippen LogP contribution in [0.2, 0.25) is 0 Å². The Morgan fingerprint density at radius 2 is 1.09 bits per heavy atom. The highest BCUT2D eigenvalue weighted by Gasteiger charge is 2.36. The summed E-state index contributed by atoms with van der Waals surface area (Å²) in [5.74, 6) is 0. The maximum absolute atomic E-state index is 2.48. The number of hydrogen-bond acceptors (Lipinski definition) is 1. The molecule has 2 aromatic heterocycles. The van der Waals surface area contributed by atoms with Crippen LogP contribution in [-0.2, 0) is 5.41 Å². The number of fused-ring (bicyclic) bond motifs is 11. The molecule has 2 heterocycles. The number of para-hydroxylation sites is 1. The van der Waals surface area contributed by atoms with Crippen molar-refractivity contribution in [1.29, 1.82) is 0 Å². The van der Waals surface area contributed by atoms with E-state index in [-0.39, 0.29) is 5.41 Å². The van der Waals surface area contributed by atoms with Crippen molar-refractivity contribution >= 4 is 53.3 Å². The molecule has 1 aliphatic carbocycles. The molecule has 0 amide bonds. The van der Waals surface area contributed by atoms with E-state index in [4.69, 9.17) is 0 Å². The predicted octanol–water partition coefficient (Wildman–Crippen LogP) is 12.8. The minimum atomic E-state index is -0.0120. The molecule has 10 rings (SSSR count). The highest BCUT2D eigenvalue weighted by Crippen LogP contribution is 2.54. The molecular weight excluding hydrogens is 587 g/mol. The van der Waals surface area contributed by atoms with E-state index in [9.17, 15) is 0 Å². The number of aromatic nitrogens is 1. The second-order valence-electron chi connectivity index (χ2n) is 13.3. The molecule has 9 aromatic rings. The zero-order valence-electron chi connectivity index (χ0n) is 26.3. The van der Waals surface area contributed by atoms with Crippen molar-refractivity contribution in [2.45, 2.75) is 19.3 Å². The molecule has 0 atom stereocenters. The van der Waals surface area contributed by atoms with Gasteiger partial charge in [0.15, 0.2) is 0 Å². The first-order chi connectivity index (χ1) is 23.1. The summed E-state index contributed by atoms with van der Waals surface area (Å²) >= 11 is 1.97. The molecule has 2 heteroatoms. The SMILES string of the molecule is CC1(C)c2ccccc2-c2c1ccc1c2sc2c1ccc1c2c2ccccc2n1-c1cc(-c2ccccc2)cc(-c2ccccc2)c1. The first-order valence-electron chi connectivity index (χ1n) is 16.4. The molecule has 1 aliphatic rings. The van der Waals surface area contributed by atoms with Crippen molar-refractivity contribution in [3.05, 3.63) is 163 Å². The van der Waals surface area contributed by atoms with Gasteiger partial charge in [0.25, 0.3) is 0 Å². The molecule has 0 saturated carbocycles. The molecule has 0 spiro atoms. The molecule has 0 fully saturated rings. The average molecular weight is 618 g/mol. The van der Waals surface area contributed by atoms with Crippen LogP contribution in [-0.4, -0.2) is 4.57 Å². The van der Waals surface area contributed by atoms with Crippen molar-refractivity contribution in [2.24, 2.45) is 0 Å². The summed E-state index contributed by atoms with van der Waals surface area (Å²) in [6.07, 6.45) is 0. The van der Waals surface area contributed by atoms with Gasteiger partial charge < -0.3 is 4.57 Å². The van der Waals surface area contributed by atoms with Gasteiger partial charge in [-0.3, -0.25) is 0 Å². The number of rotatable bonds is 3. The fraction of sp³-hybridized carbons (Fsp3) is 0.0667. The smallest absolute Gasteiger partial charge is 0.0555 e. The summed E-state index contributed by atoms with van der Waals surface area (Å²) in [4.78, 5) is 0. The van der Waals surface area contributed by atoms with Gasteiger partial charge in [-0.1, -0.05) is 135 Å². The summed E-state index contributed by atoms with van der Waals surface area (Å²) in [5, 5.41) is 5.33. The first-order valence-corrected chi connectivity index (χ1v) is 17.2. The van der Waals surface area contributed by atoms with E-state index in [0.29, 0.717) is 0 Å². The van der Waals surface area contributed by atoms with E-state index in [1.807, 2.05) is 11.3 Å². The van der Waals surface area contributed by atoms with Crippen LogP contribution in [0.5, 0.6) is 0 Å². The van der Waals surface area contributed by atoms with Crippen LogP contribution in [0.3, 0.4) is 0 Å². The van der Waals surface area contributed by atoms with Crippen LogP contribution in [0.4, 0.5) is 0 Å². The minimum absolute atomic E-state index is 0.0120. The summed E-state index contributed by atoms with van der Waals surface area (Å²) in [6.45, 7) is 4.74. The summed E-state index contributed by atoms with van der Waals surface area (Å²) < 4.78 is 5.25. The van der Waals surface area contributed by atoms with Crippen molar-refractivity contribution in [2.75, 3.05) is 0 Å². The van der Waals surface area contributed by atoms with Gasteiger partial charge in [-0.2, -0.15) is 0 Å². The standard InChI is InChI=1S/C45H31NS/c1-45(2)37-19-11-9-17-35(37)41-38(45)23-21-33-34-22-24-40-42(44(34)47-43(33)41)36-18-10-12-20-39(36)46(40)32-26-30(28-13-5-3-6-14-28)25-31(27-32)29-15-7-4-8-16-29/h3-27H,1-2H3. The number of thiophene rings is 1. The lowest BCUT2D eigenvalue weighted by Crippen LogP contribution is -2.14. The van der Waals surface area contributed by atoms with Crippen molar-refractivity contribution < 1.29 is 0 Å². The maximum Gasteiger partial charge on any atom is 0.0555 e. The van der Waals surface area contributed by atoms with E-state index >= 15 is 0 Å². The van der Waals surface area contributed by atoms with E-state index < -0.39 is 0 Å². The second-order valence-corrected chi connectivity index (χ2v) is 14.3. The lowest BCUT2D eigenvalue weighted by Gasteiger charge is -2.21. The fourth-order valence-electron chi connectivity index (χ4n) is 8.14. The lowest BCUT2D eigenvalue weighted by atomic mass is 9.82. The molecule has 222 valence electrons. The number of nitrogens with zero attached hydrogens (tertiary/aromatic N) is 1.